The van der Waals surface area contributed by atoms with Crippen molar-refractivity contribution in [1.29, 1.82) is 0 Å². The third-order valence-electron chi connectivity index (χ3n) is 7.17. The van der Waals surface area contributed by atoms with Crippen LogP contribution in [0.25, 0.3) is 0 Å². The van der Waals surface area contributed by atoms with Crippen LogP contribution < -0.4 is 9.62 Å². The first-order chi connectivity index (χ1) is 19.9. The van der Waals surface area contributed by atoms with Gasteiger partial charge in [-0.3, -0.25) is 13.9 Å². The molecule has 2 amide bonds. The molecule has 1 fully saturated rings. The molecule has 3 aromatic carbocycles. The van der Waals surface area contributed by atoms with Crippen LogP contribution in [0, 0.1) is 0 Å². The van der Waals surface area contributed by atoms with E-state index in [-0.39, 0.29) is 35.6 Å². The largest absolute Gasteiger partial charge is 0.352 e. The number of hydrogen-bond acceptors (Lipinski definition) is 4. The quantitative estimate of drug-likeness (QED) is 0.244. The van der Waals surface area contributed by atoms with Gasteiger partial charge >= 0.3 is 0 Å². The lowest BCUT2D eigenvalue weighted by Crippen LogP contribution is -2.54. The van der Waals surface area contributed by atoms with Crippen molar-refractivity contribution in [3.05, 3.63) is 97.9 Å². The Kier molecular flexibility index (Phi) is 11.1. The number of halogens is 4. The maximum atomic E-state index is 14.2. The van der Waals surface area contributed by atoms with Crippen LogP contribution in [0.2, 0.25) is 20.1 Å². The zero-order chi connectivity index (χ0) is 30.4. The Morgan fingerprint density at radius 3 is 2.19 bits per heavy atom. The monoisotopic (exact) mass is 669 g/mol. The average molecular weight is 671 g/mol. The number of sulfonamides is 1. The molecular weight excluding hydrogens is 640 g/mol. The topological polar surface area (TPSA) is 86.8 Å². The smallest absolute Gasteiger partial charge is 0.244 e. The average Bonchev–Trinajstić information content (AvgIpc) is 3.44. The van der Waals surface area contributed by atoms with Crippen LogP contribution in [0.3, 0.4) is 0 Å². The number of carbonyl (C=O) groups is 2. The lowest BCUT2D eigenvalue weighted by Gasteiger charge is -2.34. The molecule has 1 atom stereocenters. The normalized spacial score (nSPS) is 14.4. The fourth-order valence-electron chi connectivity index (χ4n) is 5.03. The zero-order valence-corrected chi connectivity index (χ0v) is 26.7. The van der Waals surface area contributed by atoms with Crippen LogP contribution in [-0.4, -0.2) is 50.0 Å². The van der Waals surface area contributed by atoms with Crippen LogP contribution in [-0.2, 0) is 32.6 Å². The van der Waals surface area contributed by atoms with Gasteiger partial charge in [0, 0.05) is 24.0 Å². The minimum absolute atomic E-state index is 0.0121. The molecule has 0 spiro atoms. The van der Waals surface area contributed by atoms with Crippen molar-refractivity contribution in [2.75, 3.05) is 17.1 Å². The number of rotatable bonds is 11. The summed E-state index contributed by atoms with van der Waals surface area (Å²) in [6.07, 6.45) is 4.97. The highest BCUT2D eigenvalue weighted by atomic mass is 35.5. The highest BCUT2D eigenvalue weighted by Gasteiger charge is 2.34. The van der Waals surface area contributed by atoms with Crippen molar-refractivity contribution in [2.24, 2.45) is 0 Å². The molecule has 1 N–H and O–H groups in total. The Morgan fingerprint density at radius 2 is 1.57 bits per heavy atom. The van der Waals surface area contributed by atoms with Crippen LogP contribution >= 0.6 is 46.4 Å². The SMILES string of the molecule is CS(=O)(=O)N(CC(=O)N(Cc1ccc(Cl)c(Cl)c1)[C@@H](Cc1ccccc1)C(=O)NC1CCCC1)c1ccc(Cl)cc1Cl. The van der Waals surface area contributed by atoms with Crippen molar-refractivity contribution in [2.45, 2.75) is 50.7 Å². The minimum Gasteiger partial charge on any atom is -0.352 e. The summed E-state index contributed by atoms with van der Waals surface area (Å²) in [4.78, 5) is 29.5. The first-order valence-corrected chi connectivity index (χ1v) is 16.8. The van der Waals surface area contributed by atoms with Crippen LogP contribution in [0.15, 0.2) is 66.7 Å². The van der Waals surface area contributed by atoms with Gasteiger partial charge in [-0.05, 0) is 54.3 Å². The molecule has 0 bridgehead atoms. The molecule has 0 saturated heterocycles. The maximum absolute atomic E-state index is 14.2. The number of amides is 2. The van der Waals surface area contributed by atoms with E-state index in [2.05, 4.69) is 5.32 Å². The van der Waals surface area contributed by atoms with E-state index in [0.717, 1.165) is 41.8 Å². The Bertz CT molecular complexity index is 1530. The molecule has 0 aliphatic heterocycles. The summed E-state index contributed by atoms with van der Waals surface area (Å²) in [6.45, 7) is -0.610. The third-order valence-corrected chi connectivity index (χ3v) is 9.57. The fourth-order valence-corrected chi connectivity index (χ4v) is 6.78. The molecule has 0 unspecified atom stereocenters. The Morgan fingerprint density at radius 1 is 0.881 bits per heavy atom. The summed E-state index contributed by atoms with van der Waals surface area (Å²) in [5.74, 6) is -0.908. The van der Waals surface area contributed by atoms with Gasteiger partial charge in [0.15, 0.2) is 0 Å². The van der Waals surface area contributed by atoms with Gasteiger partial charge in [0.25, 0.3) is 0 Å². The number of carbonyl (C=O) groups excluding carboxylic acids is 2. The van der Waals surface area contributed by atoms with Crippen molar-refractivity contribution < 1.29 is 18.0 Å². The molecule has 224 valence electrons. The molecule has 0 radical (unpaired) electrons. The summed E-state index contributed by atoms with van der Waals surface area (Å²) >= 11 is 24.8. The molecule has 0 heterocycles. The second-order valence-corrected chi connectivity index (χ2v) is 13.9. The molecule has 7 nitrogen and oxygen atoms in total. The summed E-state index contributed by atoms with van der Waals surface area (Å²) in [5.41, 5.74) is 1.57. The van der Waals surface area contributed by atoms with E-state index in [1.807, 2.05) is 30.3 Å². The summed E-state index contributed by atoms with van der Waals surface area (Å²) < 4.78 is 26.8. The van der Waals surface area contributed by atoms with Crippen LogP contribution in [0.5, 0.6) is 0 Å². The number of benzene rings is 3. The van der Waals surface area contributed by atoms with E-state index < -0.39 is 28.5 Å². The van der Waals surface area contributed by atoms with Crippen molar-refractivity contribution in [3.63, 3.8) is 0 Å². The van der Waals surface area contributed by atoms with Crippen molar-refractivity contribution in [1.82, 2.24) is 10.2 Å². The molecule has 12 heteroatoms. The standard InChI is InChI=1S/C30H31Cl4N3O4S/c1-42(40,41)37(27-14-12-22(31)17-26(27)34)19-29(38)36(18-21-11-13-24(32)25(33)15-21)28(16-20-7-3-2-4-8-20)30(39)35-23-9-5-6-10-23/h2-4,7-8,11-15,17,23,28H,5-6,9-10,16,18-19H2,1H3,(H,35,39)/t28-/m0/s1. The molecule has 42 heavy (non-hydrogen) atoms. The van der Waals surface area contributed by atoms with Gasteiger partial charge in [0.1, 0.15) is 12.6 Å². The molecule has 1 saturated carbocycles. The number of nitrogens with zero attached hydrogens (tertiary/aromatic N) is 2. The first-order valence-electron chi connectivity index (χ1n) is 13.4. The predicted molar refractivity (Wildman–Crippen MR) is 170 cm³/mol. The fraction of sp³-hybridized carbons (Fsp3) is 0.333. The molecular formula is C30H31Cl4N3O4S. The van der Waals surface area contributed by atoms with E-state index in [4.69, 9.17) is 46.4 Å². The van der Waals surface area contributed by atoms with Gasteiger partial charge in [-0.15, -0.1) is 0 Å². The molecule has 0 aromatic heterocycles. The Hall–Kier alpha value is -2.49. The van der Waals surface area contributed by atoms with E-state index >= 15 is 0 Å². The Labute approximate surface area is 266 Å². The Balaban J connectivity index is 1.75. The highest BCUT2D eigenvalue weighted by molar-refractivity contribution is 7.92. The van der Waals surface area contributed by atoms with Gasteiger partial charge in [-0.2, -0.15) is 0 Å². The molecule has 4 rings (SSSR count). The van der Waals surface area contributed by atoms with Gasteiger partial charge in [0.2, 0.25) is 21.8 Å². The number of hydrogen-bond donors (Lipinski definition) is 1. The van der Waals surface area contributed by atoms with Gasteiger partial charge in [-0.1, -0.05) is 95.6 Å². The second kappa shape index (κ2) is 14.3. The number of nitrogens with one attached hydrogen (secondary N) is 1. The second-order valence-electron chi connectivity index (χ2n) is 10.3. The van der Waals surface area contributed by atoms with Crippen LogP contribution in [0.1, 0.15) is 36.8 Å². The summed E-state index contributed by atoms with van der Waals surface area (Å²) in [7, 11) is -3.97. The number of anilines is 1. The maximum Gasteiger partial charge on any atom is 0.244 e. The minimum atomic E-state index is -3.97. The first kappa shape index (κ1) is 32.4. The lowest BCUT2D eigenvalue weighted by molar-refractivity contribution is -0.140. The molecule has 1 aliphatic carbocycles. The van der Waals surface area contributed by atoms with Gasteiger partial charge < -0.3 is 10.2 Å². The van der Waals surface area contributed by atoms with E-state index in [1.165, 1.54) is 23.1 Å². The van der Waals surface area contributed by atoms with E-state index in [1.54, 1.807) is 18.2 Å². The highest BCUT2D eigenvalue weighted by Crippen LogP contribution is 2.31. The van der Waals surface area contributed by atoms with E-state index in [0.29, 0.717) is 20.6 Å². The van der Waals surface area contributed by atoms with Gasteiger partial charge in [0.05, 0.1) is 27.0 Å². The van der Waals surface area contributed by atoms with Gasteiger partial charge in [-0.25, -0.2) is 8.42 Å². The molecule has 3 aromatic rings. The predicted octanol–water partition coefficient (Wildman–Crippen LogP) is 6.77. The molecule has 1 aliphatic rings. The summed E-state index contributed by atoms with van der Waals surface area (Å²) in [6, 6.07) is 17.7. The van der Waals surface area contributed by atoms with E-state index in [9.17, 15) is 18.0 Å². The summed E-state index contributed by atoms with van der Waals surface area (Å²) in [5, 5.41) is 4.15. The third kappa shape index (κ3) is 8.54. The van der Waals surface area contributed by atoms with Crippen molar-refractivity contribution >= 4 is 73.9 Å². The van der Waals surface area contributed by atoms with Crippen LogP contribution in [0.4, 0.5) is 5.69 Å². The zero-order valence-electron chi connectivity index (χ0n) is 22.9. The lowest BCUT2D eigenvalue weighted by atomic mass is 10.0. The van der Waals surface area contributed by atoms with Crippen molar-refractivity contribution in [3.8, 4) is 0 Å².